The lowest BCUT2D eigenvalue weighted by atomic mass is 9.78. The second kappa shape index (κ2) is 37.0. The third kappa shape index (κ3) is 20.7. The third-order valence-corrected chi connectivity index (χ3v) is 23.3. The van der Waals surface area contributed by atoms with Gasteiger partial charge in [0.05, 0.1) is 49.9 Å². The van der Waals surface area contributed by atoms with Crippen LogP contribution >= 0.6 is 11.6 Å². The molecule has 8 atom stereocenters. The van der Waals surface area contributed by atoms with E-state index in [-0.39, 0.29) is 113 Å². The van der Waals surface area contributed by atoms with Gasteiger partial charge in [-0.1, -0.05) is 115 Å². The maximum atomic E-state index is 15.6. The SMILES string of the molecule is CCC(C)C(C)C(=O)N(C)CC(=O)N(C)CC(=O)N(C)[C@@H](CC1CCCCC1)C(=O)N(C)CC(=O)NC(CCc1ccc(C(F)(F)F)c(Cl)c1)C(=O)N1CCC[C@H]1C(=O)NC1(C(=O)N(C)[C@H](C(=O)N(C)[C@@H](CC(=O)N(C)[C@H](C(N)=O)C2CCC2)C(=O)N2CCOCC2)C2CCCCC2)CCCC1. The van der Waals surface area contributed by atoms with Gasteiger partial charge in [-0.3, -0.25) is 57.5 Å². The van der Waals surface area contributed by atoms with Crippen LogP contribution in [0.15, 0.2) is 18.2 Å². The first-order valence-corrected chi connectivity index (χ1v) is 37.3. The Morgan fingerprint density at radius 1 is 0.637 bits per heavy atom. The Kier molecular flexibility index (Phi) is 29.9. The third-order valence-electron chi connectivity index (χ3n) is 23.0. The molecule has 0 radical (unpaired) electrons. The van der Waals surface area contributed by atoms with Gasteiger partial charge in [0.1, 0.15) is 41.8 Å². The van der Waals surface area contributed by atoms with Gasteiger partial charge >= 0.3 is 6.18 Å². The van der Waals surface area contributed by atoms with E-state index >= 15 is 19.2 Å². The molecule has 4 aliphatic carbocycles. The first-order chi connectivity index (χ1) is 48.2. The number of likely N-dealkylation sites (N-methyl/N-ethyl adjacent to an activating group) is 7. The molecule has 4 N–H and O–H groups in total. The summed E-state index contributed by atoms with van der Waals surface area (Å²) in [6, 6.07) is -3.96. The molecule has 4 saturated carbocycles. The van der Waals surface area contributed by atoms with E-state index in [0.717, 1.165) is 81.2 Å². The van der Waals surface area contributed by atoms with Crippen molar-refractivity contribution in [3.63, 3.8) is 0 Å². The van der Waals surface area contributed by atoms with Crippen molar-refractivity contribution in [2.45, 2.75) is 223 Å². The van der Waals surface area contributed by atoms with Crippen LogP contribution in [0, 0.1) is 29.6 Å². The van der Waals surface area contributed by atoms with Crippen LogP contribution in [0.1, 0.15) is 180 Å². The quantitative estimate of drug-likeness (QED) is 0.0811. The topological polar surface area (TPSA) is 293 Å². The Morgan fingerprint density at radius 2 is 1.23 bits per heavy atom. The first-order valence-electron chi connectivity index (χ1n) is 36.9. The number of likely N-dealkylation sites (tertiary alicyclic amines) is 1. The molecule has 0 spiro atoms. The molecule has 1 aromatic rings. The lowest BCUT2D eigenvalue weighted by Gasteiger charge is -2.43. The van der Waals surface area contributed by atoms with Gasteiger partial charge in [-0.25, -0.2) is 0 Å². The van der Waals surface area contributed by atoms with Crippen molar-refractivity contribution in [2.24, 2.45) is 35.3 Å². The Balaban J connectivity index is 1.11. The van der Waals surface area contributed by atoms with E-state index in [2.05, 4.69) is 10.6 Å². The number of nitrogens with two attached hydrogens (primary N) is 1. The fraction of sp³-hybridized carbons (Fsp3) is 0.753. The van der Waals surface area contributed by atoms with Gasteiger partial charge in [0.15, 0.2) is 0 Å². The number of aryl methyl sites for hydroxylation is 1. The molecule has 102 heavy (non-hydrogen) atoms. The monoisotopic (exact) mass is 1460 g/mol. The number of amides is 12. The predicted octanol–water partition coefficient (Wildman–Crippen LogP) is 5.65. The molecule has 1 aromatic carbocycles. The number of halogens is 4. The maximum absolute atomic E-state index is 15.6. The van der Waals surface area contributed by atoms with Crippen molar-refractivity contribution < 1.29 is 75.4 Å². The number of alkyl halides is 3. The predicted molar refractivity (Wildman–Crippen MR) is 375 cm³/mol. The van der Waals surface area contributed by atoms with Crippen molar-refractivity contribution in [1.29, 1.82) is 0 Å². The summed E-state index contributed by atoms with van der Waals surface area (Å²) >= 11 is 6.16. The van der Waals surface area contributed by atoms with Gasteiger partial charge in [0, 0.05) is 74.9 Å². The summed E-state index contributed by atoms with van der Waals surface area (Å²) in [7, 11) is 10.3. The highest BCUT2D eigenvalue weighted by Crippen LogP contribution is 2.39. The summed E-state index contributed by atoms with van der Waals surface area (Å²) in [5.41, 5.74) is 3.51. The van der Waals surface area contributed by atoms with Crippen molar-refractivity contribution in [1.82, 2.24) is 54.7 Å². The summed E-state index contributed by atoms with van der Waals surface area (Å²) in [5, 5.41) is 5.25. The number of primary amides is 1. The molecule has 3 unspecified atom stereocenters. The minimum absolute atomic E-state index is 0.0297. The second-order valence-corrected chi connectivity index (χ2v) is 30.3. The first kappa shape index (κ1) is 82.2. The largest absolute Gasteiger partial charge is 0.417 e. The highest BCUT2D eigenvalue weighted by Gasteiger charge is 2.52. The van der Waals surface area contributed by atoms with Gasteiger partial charge in [-0.15, -0.1) is 0 Å². The van der Waals surface area contributed by atoms with E-state index in [1.165, 1.54) is 94.6 Å². The van der Waals surface area contributed by atoms with Crippen LogP contribution in [-0.2, 0) is 74.9 Å². The van der Waals surface area contributed by atoms with Crippen molar-refractivity contribution in [2.75, 3.05) is 102 Å². The van der Waals surface area contributed by atoms with Crippen LogP contribution in [0.4, 0.5) is 13.2 Å². The van der Waals surface area contributed by atoms with Gasteiger partial charge < -0.3 is 65.2 Å². The van der Waals surface area contributed by atoms with Crippen molar-refractivity contribution >= 4 is 82.5 Å². The number of rotatable bonds is 31. The molecule has 570 valence electrons. The van der Waals surface area contributed by atoms with Crippen molar-refractivity contribution in [3.05, 3.63) is 34.3 Å². The molecular formula is C73H112ClF3N12O13. The summed E-state index contributed by atoms with van der Waals surface area (Å²) < 4.78 is 47.2. The van der Waals surface area contributed by atoms with Crippen molar-refractivity contribution in [3.8, 4) is 0 Å². The van der Waals surface area contributed by atoms with Gasteiger partial charge in [0.2, 0.25) is 70.9 Å². The Labute approximate surface area is 604 Å². The van der Waals surface area contributed by atoms with E-state index in [4.69, 9.17) is 22.1 Å². The lowest BCUT2D eigenvalue weighted by molar-refractivity contribution is -0.158. The summed E-state index contributed by atoms with van der Waals surface area (Å²) in [4.78, 5) is 185. The second-order valence-electron chi connectivity index (χ2n) is 29.9. The molecule has 29 heteroatoms. The molecule has 2 aliphatic heterocycles. The van der Waals surface area contributed by atoms with Crippen LogP contribution in [-0.4, -0.2) is 259 Å². The van der Waals surface area contributed by atoms with Gasteiger partial charge in [-0.2, -0.15) is 13.2 Å². The van der Waals surface area contributed by atoms with E-state index in [1.54, 1.807) is 0 Å². The number of benzene rings is 1. The van der Waals surface area contributed by atoms with Crippen LogP contribution in [0.25, 0.3) is 0 Å². The number of hydrogen-bond donors (Lipinski definition) is 3. The van der Waals surface area contributed by atoms with Crippen LogP contribution in [0.5, 0.6) is 0 Å². The Bertz CT molecular complexity index is 3150. The number of morpholine rings is 1. The highest BCUT2D eigenvalue weighted by molar-refractivity contribution is 6.31. The fourth-order valence-electron chi connectivity index (χ4n) is 15.9. The normalized spacial score (nSPS) is 20.2. The fourth-order valence-corrected chi connectivity index (χ4v) is 16.2. The molecule has 2 saturated heterocycles. The van der Waals surface area contributed by atoms with Crippen LogP contribution < -0.4 is 16.4 Å². The Hall–Kier alpha value is -7.10. The molecule has 0 bridgehead atoms. The molecule has 6 fully saturated rings. The highest BCUT2D eigenvalue weighted by atomic mass is 35.5. The molecular weight excluding hydrogens is 1350 g/mol. The number of carbonyl (C=O) groups is 12. The summed E-state index contributed by atoms with van der Waals surface area (Å²) in [5.74, 6) is -7.66. The summed E-state index contributed by atoms with van der Waals surface area (Å²) in [6.45, 7) is 5.35. The number of ether oxygens (including phenoxy) is 1. The smallest absolute Gasteiger partial charge is 0.378 e. The van der Waals surface area contributed by atoms with E-state index in [0.29, 0.717) is 50.5 Å². The number of hydrogen-bond acceptors (Lipinski definition) is 13. The zero-order chi connectivity index (χ0) is 75.1. The van der Waals surface area contributed by atoms with E-state index in [1.807, 2.05) is 20.8 Å². The molecule has 7 rings (SSSR count). The summed E-state index contributed by atoms with van der Waals surface area (Å²) in [6.07, 6.45) is 7.57. The van der Waals surface area contributed by atoms with E-state index < -0.39 is 143 Å². The Morgan fingerprint density at radius 3 is 1.80 bits per heavy atom. The van der Waals surface area contributed by atoms with E-state index in [9.17, 15) is 51.5 Å². The van der Waals surface area contributed by atoms with Crippen LogP contribution in [0.2, 0.25) is 5.02 Å². The minimum atomic E-state index is -4.76. The zero-order valence-corrected chi connectivity index (χ0v) is 62.4. The van der Waals surface area contributed by atoms with Gasteiger partial charge in [0.25, 0.3) is 0 Å². The lowest BCUT2D eigenvalue weighted by Crippen LogP contribution is -2.65. The van der Waals surface area contributed by atoms with Crippen LogP contribution in [0.3, 0.4) is 0 Å². The zero-order valence-electron chi connectivity index (χ0n) is 61.6. The number of carbonyl (C=O) groups excluding carboxylic acids is 12. The standard InChI is InChI=1S/C73H112ClF3N12O13/c1-11-46(2)47(3)66(96)83(6)44-60(92)81(4)45-61(93)84(7)56(41-48-22-14-12-15-23-48)68(98)82(5)43-58(90)79-54(32-30-49-29-31-52(53(74)40-49)73(75,76)77)67(97)89-35-21-28-55(89)65(95)80-72(33-18-19-34-72)71(101)87(10)63(51-24-16-13-17-25-51)70(100)85(8)57(69(99)88-36-38-102-39-37-88)42-59(91)86(9)62(64(78)94)50-26-20-27-50/h29,31,40,46-48,50-51,54-57,62-63H,11-28,30,32-39,41-45H2,1-10H3,(H2,78,94)(H,79,90)(H,80,95)/t46?,47?,54?,55-,56-,57-,62-,63-/m0/s1. The molecule has 25 nitrogen and oxygen atoms in total. The average molecular weight is 1460 g/mol. The number of nitrogens with one attached hydrogen (secondary N) is 2. The minimum Gasteiger partial charge on any atom is -0.378 e. The molecule has 6 aliphatic rings. The number of nitrogens with zero attached hydrogens (tertiary/aromatic N) is 9. The average Bonchev–Trinajstić information content (AvgIpc) is 1.39. The maximum Gasteiger partial charge on any atom is 0.417 e. The molecule has 0 aromatic heterocycles. The molecule has 12 amide bonds. The van der Waals surface area contributed by atoms with Gasteiger partial charge in [-0.05, 0) is 112 Å². The molecule has 2 heterocycles.